The second-order valence-corrected chi connectivity index (χ2v) is 12.2. The Balaban J connectivity index is 3.13. The summed E-state index contributed by atoms with van der Waals surface area (Å²) in [6.45, 7) is 0. The molecule has 4 nitrogen and oxygen atoms in total. The summed E-state index contributed by atoms with van der Waals surface area (Å²) >= 11 is 0. The maximum Gasteiger partial charge on any atom is 0.303 e. The van der Waals surface area contributed by atoms with E-state index in [4.69, 9.17) is 10.2 Å². The molecule has 0 bridgehead atoms. The highest BCUT2D eigenvalue weighted by molar-refractivity contribution is 5.66. The molecular formula is C37H68O4. The van der Waals surface area contributed by atoms with Gasteiger partial charge in [0.15, 0.2) is 0 Å². The molecule has 0 amide bonds. The first-order valence-corrected chi connectivity index (χ1v) is 17.9. The van der Waals surface area contributed by atoms with Crippen molar-refractivity contribution in [1.29, 1.82) is 0 Å². The van der Waals surface area contributed by atoms with Crippen LogP contribution in [0, 0.1) is 0 Å². The van der Waals surface area contributed by atoms with Crippen molar-refractivity contribution in [2.45, 2.75) is 199 Å². The van der Waals surface area contributed by atoms with Crippen LogP contribution in [0.25, 0.3) is 0 Å². The lowest BCUT2D eigenvalue weighted by Crippen LogP contribution is -1.93. The fourth-order valence-electron chi connectivity index (χ4n) is 5.43. The average Bonchev–Trinajstić information content (AvgIpc) is 2.94. The minimum Gasteiger partial charge on any atom is -0.481 e. The van der Waals surface area contributed by atoms with E-state index < -0.39 is 11.9 Å². The third-order valence-corrected chi connectivity index (χ3v) is 8.10. The van der Waals surface area contributed by atoms with Crippen LogP contribution in [0.1, 0.15) is 199 Å². The zero-order valence-electron chi connectivity index (χ0n) is 26.9. The van der Waals surface area contributed by atoms with Gasteiger partial charge in [-0.15, -0.1) is 0 Å². The van der Waals surface area contributed by atoms with Crippen LogP contribution >= 0.6 is 0 Å². The third-order valence-electron chi connectivity index (χ3n) is 8.10. The standard InChI is InChI=1S/C37H68O4/c38-36(39)34-32-30-28-26-24-22-20-18-16-14-12-10-8-6-4-2-1-3-5-7-9-11-13-15-17-19-21-23-25-27-29-31-33-35-37(40)41/h18-21H,1-17,22-35H2,(H,38,39)(H,40,41). The summed E-state index contributed by atoms with van der Waals surface area (Å²) in [5, 5.41) is 17.2. The molecule has 0 aliphatic rings. The van der Waals surface area contributed by atoms with Crippen molar-refractivity contribution in [3.05, 3.63) is 24.3 Å². The molecule has 0 spiro atoms. The molecule has 2 N–H and O–H groups in total. The highest BCUT2D eigenvalue weighted by atomic mass is 16.4. The number of aliphatic carboxylic acids is 2. The van der Waals surface area contributed by atoms with Crippen molar-refractivity contribution in [2.24, 2.45) is 0 Å². The van der Waals surface area contributed by atoms with Crippen molar-refractivity contribution < 1.29 is 19.8 Å². The molecule has 0 aliphatic carbocycles. The maximum absolute atomic E-state index is 10.5. The Bertz CT molecular complexity index is 558. The van der Waals surface area contributed by atoms with Crippen molar-refractivity contribution >= 4 is 11.9 Å². The zero-order chi connectivity index (χ0) is 29.9. The number of hydrogen-bond acceptors (Lipinski definition) is 2. The van der Waals surface area contributed by atoms with E-state index in [0.717, 1.165) is 25.7 Å². The molecule has 240 valence electrons. The number of rotatable bonds is 34. The van der Waals surface area contributed by atoms with Gasteiger partial charge in [0.2, 0.25) is 0 Å². The zero-order valence-corrected chi connectivity index (χ0v) is 26.9. The Morgan fingerprint density at radius 1 is 0.293 bits per heavy atom. The predicted octanol–water partition coefficient (Wildman–Crippen LogP) is 12.4. The van der Waals surface area contributed by atoms with Crippen LogP contribution in [0.2, 0.25) is 0 Å². The fraction of sp³-hybridized carbons (Fsp3) is 0.838. The predicted molar refractivity (Wildman–Crippen MR) is 177 cm³/mol. The summed E-state index contributed by atoms with van der Waals surface area (Å²) < 4.78 is 0. The minimum absolute atomic E-state index is 0.324. The van der Waals surface area contributed by atoms with Gasteiger partial charge in [-0.1, -0.05) is 146 Å². The third kappa shape index (κ3) is 38.4. The van der Waals surface area contributed by atoms with E-state index in [1.165, 1.54) is 161 Å². The van der Waals surface area contributed by atoms with E-state index in [1.54, 1.807) is 0 Å². The monoisotopic (exact) mass is 577 g/mol. The quantitative estimate of drug-likeness (QED) is 0.0590. The molecule has 41 heavy (non-hydrogen) atoms. The first-order chi connectivity index (χ1) is 20.1. The fourth-order valence-corrected chi connectivity index (χ4v) is 5.43. The Labute approximate surface area is 254 Å². The van der Waals surface area contributed by atoms with Crippen LogP contribution in [0.4, 0.5) is 0 Å². The molecule has 0 fully saturated rings. The van der Waals surface area contributed by atoms with Crippen LogP contribution in [0.5, 0.6) is 0 Å². The topological polar surface area (TPSA) is 74.6 Å². The second-order valence-electron chi connectivity index (χ2n) is 12.2. The Hall–Kier alpha value is -1.58. The molecule has 0 saturated heterocycles. The van der Waals surface area contributed by atoms with Crippen molar-refractivity contribution in [3.8, 4) is 0 Å². The van der Waals surface area contributed by atoms with Gasteiger partial charge in [0.1, 0.15) is 0 Å². The largest absolute Gasteiger partial charge is 0.481 e. The normalized spacial score (nSPS) is 11.7. The van der Waals surface area contributed by atoms with Crippen LogP contribution in [0.15, 0.2) is 24.3 Å². The molecule has 0 saturated carbocycles. The lowest BCUT2D eigenvalue weighted by atomic mass is 10.0. The summed E-state index contributed by atoms with van der Waals surface area (Å²) in [6, 6.07) is 0. The molecule has 0 rings (SSSR count). The summed E-state index contributed by atoms with van der Waals surface area (Å²) in [5.41, 5.74) is 0. The molecule has 0 aliphatic heterocycles. The second kappa shape index (κ2) is 34.6. The van der Waals surface area contributed by atoms with Gasteiger partial charge in [0.05, 0.1) is 0 Å². The molecule has 0 heterocycles. The van der Waals surface area contributed by atoms with Crippen molar-refractivity contribution in [2.75, 3.05) is 0 Å². The van der Waals surface area contributed by atoms with Gasteiger partial charge in [-0.3, -0.25) is 9.59 Å². The SMILES string of the molecule is O=C(O)CCCCCCCC=CCCCCCCCCCCCCCCCCCC=CCCCCCCCC(=O)O. The molecule has 0 radical (unpaired) electrons. The van der Waals surface area contributed by atoms with Gasteiger partial charge in [-0.2, -0.15) is 0 Å². The van der Waals surface area contributed by atoms with Gasteiger partial charge in [0, 0.05) is 12.8 Å². The Morgan fingerprint density at radius 2 is 0.463 bits per heavy atom. The van der Waals surface area contributed by atoms with E-state index in [0.29, 0.717) is 12.8 Å². The summed E-state index contributed by atoms with van der Waals surface area (Å²) in [4.78, 5) is 20.9. The van der Waals surface area contributed by atoms with Crippen molar-refractivity contribution in [1.82, 2.24) is 0 Å². The molecule has 0 aromatic rings. The van der Waals surface area contributed by atoms with E-state index in [1.807, 2.05) is 0 Å². The highest BCUT2D eigenvalue weighted by Crippen LogP contribution is 2.15. The number of carboxylic acids is 2. The molecule has 0 atom stereocenters. The van der Waals surface area contributed by atoms with Gasteiger partial charge in [-0.05, 0) is 64.2 Å². The summed E-state index contributed by atoms with van der Waals surface area (Å²) in [5.74, 6) is -1.33. The first-order valence-electron chi connectivity index (χ1n) is 17.9. The molecular weight excluding hydrogens is 508 g/mol. The van der Waals surface area contributed by atoms with Gasteiger partial charge in [-0.25, -0.2) is 0 Å². The molecule has 0 unspecified atom stereocenters. The molecule has 4 heteroatoms. The highest BCUT2D eigenvalue weighted by Gasteiger charge is 1.98. The lowest BCUT2D eigenvalue weighted by molar-refractivity contribution is -0.138. The number of hydrogen-bond donors (Lipinski definition) is 2. The van der Waals surface area contributed by atoms with Gasteiger partial charge in [0.25, 0.3) is 0 Å². The minimum atomic E-state index is -0.666. The Morgan fingerprint density at radius 3 is 0.659 bits per heavy atom. The van der Waals surface area contributed by atoms with Gasteiger partial charge >= 0.3 is 11.9 Å². The van der Waals surface area contributed by atoms with Crippen LogP contribution in [-0.4, -0.2) is 22.2 Å². The average molecular weight is 577 g/mol. The van der Waals surface area contributed by atoms with E-state index >= 15 is 0 Å². The molecule has 0 aromatic carbocycles. The maximum atomic E-state index is 10.5. The van der Waals surface area contributed by atoms with Crippen LogP contribution < -0.4 is 0 Å². The number of carboxylic acid groups (broad SMARTS) is 2. The number of carbonyl (C=O) groups is 2. The van der Waals surface area contributed by atoms with Crippen LogP contribution in [-0.2, 0) is 9.59 Å². The number of allylic oxidation sites excluding steroid dienone is 4. The number of unbranched alkanes of at least 4 members (excludes halogenated alkanes) is 26. The smallest absolute Gasteiger partial charge is 0.303 e. The van der Waals surface area contributed by atoms with Gasteiger partial charge < -0.3 is 10.2 Å². The first kappa shape index (κ1) is 39.4. The summed E-state index contributed by atoms with van der Waals surface area (Å²) in [6.07, 6.45) is 47.0. The van der Waals surface area contributed by atoms with Crippen molar-refractivity contribution in [3.63, 3.8) is 0 Å². The lowest BCUT2D eigenvalue weighted by Gasteiger charge is -2.03. The van der Waals surface area contributed by atoms with E-state index in [2.05, 4.69) is 24.3 Å². The Kier molecular flexibility index (Phi) is 33.3. The van der Waals surface area contributed by atoms with Crippen LogP contribution in [0.3, 0.4) is 0 Å². The molecule has 0 aromatic heterocycles. The summed E-state index contributed by atoms with van der Waals surface area (Å²) in [7, 11) is 0. The van der Waals surface area contributed by atoms with E-state index in [9.17, 15) is 9.59 Å². The van der Waals surface area contributed by atoms with E-state index in [-0.39, 0.29) is 0 Å².